The molecule has 0 aliphatic carbocycles. The van der Waals surface area contributed by atoms with E-state index in [0.29, 0.717) is 5.56 Å². The lowest BCUT2D eigenvalue weighted by Crippen LogP contribution is -2.09. The summed E-state index contributed by atoms with van der Waals surface area (Å²) in [6, 6.07) is 4.51. The maximum absolute atomic E-state index is 12.2. The third kappa shape index (κ3) is 4.14. The van der Waals surface area contributed by atoms with Gasteiger partial charge in [0.2, 0.25) is 0 Å². The smallest absolute Gasteiger partial charge is 0.387 e. The molecule has 0 atom stereocenters. The van der Waals surface area contributed by atoms with Gasteiger partial charge in [0.1, 0.15) is 0 Å². The molecule has 0 heterocycles. The number of rotatable bonds is 7. The molecule has 1 rings (SSSR count). The SMILES string of the molecule is CCOc1c(CC(=O)CCl)cccc1OC(F)F. The maximum atomic E-state index is 12.2. The number of halogens is 3. The molecule has 0 aromatic heterocycles. The predicted octanol–water partition coefficient (Wildman–Crippen LogP) is 3.04. The third-order valence-corrected chi connectivity index (χ3v) is 2.40. The fourth-order valence-electron chi connectivity index (χ4n) is 1.46. The standard InChI is InChI=1S/C12H13ClF2O3/c1-2-17-11-8(6-9(16)7-13)4-3-5-10(11)18-12(14)15/h3-5,12H,2,6-7H2,1H3. The molecule has 0 bridgehead atoms. The third-order valence-electron chi connectivity index (χ3n) is 2.10. The summed E-state index contributed by atoms with van der Waals surface area (Å²) in [5, 5.41) is 0. The van der Waals surface area contributed by atoms with Crippen LogP contribution in [0.1, 0.15) is 12.5 Å². The minimum absolute atomic E-state index is 0.0271. The van der Waals surface area contributed by atoms with Crippen LogP contribution in [0.4, 0.5) is 8.78 Å². The normalized spacial score (nSPS) is 10.5. The molecule has 0 saturated carbocycles. The van der Waals surface area contributed by atoms with Crippen molar-refractivity contribution in [2.45, 2.75) is 20.0 Å². The second-order valence-electron chi connectivity index (χ2n) is 3.40. The molecule has 18 heavy (non-hydrogen) atoms. The predicted molar refractivity (Wildman–Crippen MR) is 63.7 cm³/mol. The van der Waals surface area contributed by atoms with E-state index >= 15 is 0 Å². The average Bonchev–Trinajstić information content (AvgIpc) is 2.32. The quantitative estimate of drug-likeness (QED) is 0.719. The molecule has 0 aliphatic heterocycles. The lowest BCUT2D eigenvalue weighted by molar-refractivity contribution is -0.116. The molecular weight excluding hydrogens is 266 g/mol. The Hall–Kier alpha value is -1.36. The van der Waals surface area contributed by atoms with Gasteiger partial charge in [-0.05, 0) is 13.0 Å². The number of ketones is 1. The van der Waals surface area contributed by atoms with Crippen molar-refractivity contribution in [3.05, 3.63) is 23.8 Å². The molecule has 6 heteroatoms. The van der Waals surface area contributed by atoms with E-state index in [-0.39, 0.29) is 36.2 Å². The first-order valence-corrected chi connectivity index (χ1v) is 5.89. The highest BCUT2D eigenvalue weighted by atomic mass is 35.5. The van der Waals surface area contributed by atoms with Crippen LogP contribution in [0.5, 0.6) is 11.5 Å². The summed E-state index contributed by atoms with van der Waals surface area (Å²) in [7, 11) is 0. The molecule has 0 spiro atoms. The van der Waals surface area contributed by atoms with Crippen molar-refractivity contribution in [1.82, 2.24) is 0 Å². The van der Waals surface area contributed by atoms with E-state index in [2.05, 4.69) is 4.74 Å². The van der Waals surface area contributed by atoms with Gasteiger partial charge in [-0.2, -0.15) is 8.78 Å². The Balaban J connectivity index is 3.04. The molecule has 0 saturated heterocycles. The van der Waals surface area contributed by atoms with Crippen LogP contribution in [0, 0.1) is 0 Å². The van der Waals surface area contributed by atoms with Crippen molar-refractivity contribution in [2.75, 3.05) is 12.5 Å². The summed E-state index contributed by atoms with van der Waals surface area (Å²) in [5.74, 6) is -0.261. The van der Waals surface area contributed by atoms with Crippen molar-refractivity contribution >= 4 is 17.4 Å². The van der Waals surface area contributed by atoms with Gasteiger partial charge in [-0.3, -0.25) is 4.79 Å². The number of para-hydroxylation sites is 1. The number of alkyl halides is 3. The van der Waals surface area contributed by atoms with Gasteiger partial charge in [0.25, 0.3) is 0 Å². The monoisotopic (exact) mass is 278 g/mol. The Kier molecular flexibility index (Phi) is 5.85. The van der Waals surface area contributed by atoms with E-state index in [9.17, 15) is 13.6 Å². The molecule has 0 N–H and O–H groups in total. The van der Waals surface area contributed by atoms with Crippen LogP contribution in [0.2, 0.25) is 0 Å². The van der Waals surface area contributed by atoms with Crippen molar-refractivity contribution in [1.29, 1.82) is 0 Å². The number of carbonyl (C=O) groups is 1. The molecule has 1 aromatic carbocycles. The van der Waals surface area contributed by atoms with Gasteiger partial charge in [-0.25, -0.2) is 0 Å². The first-order chi connectivity index (χ1) is 8.58. The molecule has 0 radical (unpaired) electrons. The van der Waals surface area contributed by atoms with Crippen LogP contribution in [0.25, 0.3) is 0 Å². The zero-order chi connectivity index (χ0) is 13.5. The first-order valence-electron chi connectivity index (χ1n) is 5.35. The molecule has 0 unspecified atom stereocenters. The maximum Gasteiger partial charge on any atom is 0.387 e. The number of Topliss-reactive ketones (excluding diaryl/α,β-unsaturated/α-hetero) is 1. The summed E-state index contributed by atoms with van der Waals surface area (Å²) in [4.78, 5) is 11.3. The Labute approximate surface area is 109 Å². The Bertz CT molecular complexity index is 410. The Morgan fingerprint density at radius 3 is 2.72 bits per heavy atom. The largest absolute Gasteiger partial charge is 0.490 e. The molecule has 1 aromatic rings. The van der Waals surface area contributed by atoms with E-state index in [1.807, 2.05) is 0 Å². The van der Waals surface area contributed by atoms with Crippen molar-refractivity contribution < 1.29 is 23.0 Å². The summed E-state index contributed by atoms with van der Waals surface area (Å²) in [6.07, 6.45) is 0.0271. The van der Waals surface area contributed by atoms with Crippen LogP contribution in [0.15, 0.2) is 18.2 Å². The fourth-order valence-corrected chi connectivity index (χ4v) is 1.55. The molecular formula is C12H13ClF2O3. The fraction of sp³-hybridized carbons (Fsp3) is 0.417. The van der Waals surface area contributed by atoms with Crippen molar-refractivity contribution in [2.24, 2.45) is 0 Å². The van der Waals surface area contributed by atoms with Crippen LogP contribution in [0.3, 0.4) is 0 Å². The molecule has 0 aliphatic rings. The summed E-state index contributed by atoms with van der Waals surface area (Å²) < 4.78 is 34.1. The summed E-state index contributed by atoms with van der Waals surface area (Å²) in [5.41, 5.74) is 0.487. The molecule has 100 valence electrons. The van der Waals surface area contributed by atoms with Crippen molar-refractivity contribution in [3.8, 4) is 11.5 Å². The minimum atomic E-state index is -2.94. The lowest BCUT2D eigenvalue weighted by Gasteiger charge is -2.14. The van der Waals surface area contributed by atoms with Crippen LogP contribution in [-0.4, -0.2) is 24.9 Å². The molecule has 0 fully saturated rings. The van der Waals surface area contributed by atoms with Gasteiger partial charge in [0, 0.05) is 12.0 Å². The van der Waals surface area contributed by atoms with Gasteiger partial charge in [0.15, 0.2) is 17.3 Å². The van der Waals surface area contributed by atoms with E-state index < -0.39 is 6.61 Å². The number of benzene rings is 1. The first kappa shape index (κ1) is 14.7. The number of ether oxygens (including phenoxy) is 2. The molecule has 3 nitrogen and oxygen atoms in total. The van der Waals surface area contributed by atoms with Gasteiger partial charge in [0.05, 0.1) is 12.5 Å². The van der Waals surface area contributed by atoms with Crippen LogP contribution in [-0.2, 0) is 11.2 Å². The topological polar surface area (TPSA) is 35.5 Å². The zero-order valence-electron chi connectivity index (χ0n) is 9.79. The van der Waals surface area contributed by atoms with E-state index in [4.69, 9.17) is 16.3 Å². The van der Waals surface area contributed by atoms with Crippen LogP contribution >= 0.6 is 11.6 Å². The van der Waals surface area contributed by atoms with E-state index in [0.717, 1.165) is 0 Å². The highest BCUT2D eigenvalue weighted by Crippen LogP contribution is 2.33. The summed E-state index contributed by atoms with van der Waals surface area (Å²) >= 11 is 5.41. The highest BCUT2D eigenvalue weighted by molar-refractivity contribution is 6.27. The van der Waals surface area contributed by atoms with Gasteiger partial charge >= 0.3 is 6.61 Å². The van der Waals surface area contributed by atoms with Gasteiger partial charge < -0.3 is 9.47 Å². The number of hydrogen-bond donors (Lipinski definition) is 0. The second-order valence-corrected chi connectivity index (χ2v) is 3.67. The highest BCUT2D eigenvalue weighted by Gasteiger charge is 2.16. The van der Waals surface area contributed by atoms with Gasteiger partial charge in [-0.1, -0.05) is 12.1 Å². The van der Waals surface area contributed by atoms with Crippen molar-refractivity contribution in [3.63, 3.8) is 0 Å². The minimum Gasteiger partial charge on any atom is -0.490 e. The number of carbonyl (C=O) groups excluding carboxylic acids is 1. The number of hydrogen-bond acceptors (Lipinski definition) is 3. The molecule has 0 amide bonds. The van der Waals surface area contributed by atoms with E-state index in [1.54, 1.807) is 13.0 Å². The van der Waals surface area contributed by atoms with Gasteiger partial charge in [-0.15, -0.1) is 11.6 Å². The average molecular weight is 279 g/mol. The second kappa shape index (κ2) is 7.16. The zero-order valence-corrected chi connectivity index (χ0v) is 10.5. The summed E-state index contributed by atoms with van der Waals surface area (Å²) in [6.45, 7) is -0.943. The van der Waals surface area contributed by atoms with Crippen LogP contribution < -0.4 is 9.47 Å². The Morgan fingerprint density at radius 2 is 2.17 bits per heavy atom. The lowest BCUT2D eigenvalue weighted by atomic mass is 10.1. The Morgan fingerprint density at radius 1 is 1.44 bits per heavy atom. The van der Waals surface area contributed by atoms with E-state index in [1.165, 1.54) is 12.1 Å².